The second-order valence-electron chi connectivity index (χ2n) is 5.09. The fourth-order valence-electron chi connectivity index (χ4n) is 2.16. The Morgan fingerprint density at radius 3 is 2.19 bits per heavy atom. The van der Waals surface area contributed by atoms with Crippen molar-refractivity contribution in [3.63, 3.8) is 0 Å². The highest BCUT2D eigenvalue weighted by atomic mass is 19.4. The third-order valence-electron chi connectivity index (χ3n) is 3.27. The zero-order chi connectivity index (χ0) is 19.6. The molecule has 2 rings (SSSR count). The van der Waals surface area contributed by atoms with Gasteiger partial charge >= 0.3 is 12.1 Å². The van der Waals surface area contributed by atoms with Crippen molar-refractivity contribution in [1.29, 1.82) is 0 Å². The maximum Gasteiger partial charge on any atom is 0.406 e. The minimum Gasteiger partial charge on any atom is -0.477 e. The topological polar surface area (TPSA) is 106 Å². The Morgan fingerprint density at radius 2 is 1.69 bits per heavy atom. The summed E-state index contributed by atoms with van der Waals surface area (Å²) in [6.45, 7) is -1.88. The summed E-state index contributed by atoms with van der Waals surface area (Å²) in [6.07, 6.45) is -4.88. The number of carboxylic acid groups (broad SMARTS) is 1. The summed E-state index contributed by atoms with van der Waals surface area (Å²) in [5.74, 6) is 2.02. The van der Waals surface area contributed by atoms with Gasteiger partial charge in [0.2, 0.25) is 0 Å². The quantitative estimate of drug-likeness (QED) is 0.368. The van der Waals surface area contributed by atoms with Crippen LogP contribution in [0.15, 0.2) is 41.2 Å². The highest BCUT2D eigenvalue weighted by molar-refractivity contribution is 6.08. The van der Waals surface area contributed by atoms with Gasteiger partial charge in [-0.05, 0) is 30.3 Å². The van der Waals surface area contributed by atoms with E-state index < -0.39 is 47.4 Å². The Bertz CT molecular complexity index is 907. The van der Waals surface area contributed by atoms with E-state index in [1.807, 2.05) is 0 Å². The summed E-state index contributed by atoms with van der Waals surface area (Å²) in [4.78, 5) is 35.4. The number of alkyl halides is 3. The Kier molecular flexibility index (Phi) is 5.12. The van der Waals surface area contributed by atoms with Crippen LogP contribution >= 0.6 is 0 Å². The van der Waals surface area contributed by atoms with Crippen LogP contribution in [0.25, 0.3) is 0 Å². The number of halogens is 4. The Morgan fingerprint density at radius 1 is 1.12 bits per heavy atom. The first-order valence-electron chi connectivity index (χ1n) is 6.90. The van der Waals surface area contributed by atoms with Crippen LogP contribution < -0.4 is 16.4 Å². The van der Waals surface area contributed by atoms with Crippen LogP contribution in [0.4, 0.5) is 23.2 Å². The number of pyridine rings is 1. The summed E-state index contributed by atoms with van der Waals surface area (Å²) in [5, 5.41) is 9.52. The Hall–Kier alpha value is -3.21. The predicted molar refractivity (Wildman–Crippen MR) is 81.1 cm³/mol. The number of rotatable bonds is 4. The highest BCUT2D eigenvalue weighted by Crippen LogP contribution is 2.23. The highest BCUT2D eigenvalue weighted by Gasteiger charge is 2.33. The minimum absolute atomic E-state index is 0.0462. The number of nitrogens with zero attached hydrogens (tertiary/aromatic N) is 2. The van der Waals surface area contributed by atoms with Crippen molar-refractivity contribution in [2.24, 2.45) is 5.84 Å². The molecule has 2 aromatic rings. The van der Waals surface area contributed by atoms with Crippen molar-refractivity contribution in [2.45, 2.75) is 12.7 Å². The van der Waals surface area contributed by atoms with Crippen molar-refractivity contribution in [3.8, 4) is 0 Å². The van der Waals surface area contributed by atoms with Crippen molar-refractivity contribution < 1.29 is 32.3 Å². The molecule has 1 heterocycles. The molecule has 1 amide bonds. The summed E-state index contributed by atoms with van der Waals surface area (Å²) < 4.78 is 50.9. The first kappa shape index (κ1) is 19.1. The smallest absolute Gasteiger partial charge is 0.406 e. The first-order valence-corrected chi connectivity index (χ1v) is 6.90. The third kappa shape index (κ3) is 4.06. The van der Waals surface area contributed by atoms with Crippen LogP contribution in [0.2, 0.25) is 0 Å². The number of carbonyl (C=O) groups excluding carboxylic acids is 1. The van der Waals surface area contributed by atoms with Gasteiger partial charge in [0.25, 0.3) is 11.5 Å². The number of hydrazine groups is 1. The van der Waals surface area contributed by atoms with E-state index in [9.17, 15) is 37.1 Å². The number of carbonyl (C=O) groups is 2. The molecule has 7 nitrogen and oxygen atoms in total. The van der Waals surface area contributed by atoms with Gasteiger partial charge in [-0.1, -0.05) is 0 Å². The summed E-state index contributed by atoms with van der Waals surface area (Å²) in [5.41, 5.74) is -3.10. The largest absolute Gasteiger partial charge is 0.477 e. The minimum atomic E-state index is -4.88. The van der Waals surface area contributed by atoms with Crippen LogP contribution in [0.1, 0.15) is 20.8 Å². The summed E-state index contributed by atoms with van der Waals surface area (Å²) in [6, 6.07) is 5.49. The van der Waals surface area contributed by atoms with Crippen molar-refractivity contribution in [1.82, 2.24) is 4.57 Å². The van der Waals surface area contributed by atoms with Gasteiger partial charge in [0.05, 0.1) is 5.69 Å². The van der Waals surface area contributed by atoms with Crippen molar-refractivity contribution >= 4 is 17.6 Å². The van der Waals surface area contributed by atoms with Crippen molar-refractivity contribution in [3.05, 3.63) is 63.8 Å². The zero-order valence-electron chi connectivity index (χ0n) is 12.8. The monoisotopic (exact) mass is 373 g/mol. The first-order chi connectivity index (χ1) is 12.0. The molecule has 11 heteroatoms. The van der Waals surface area contributed by atoms with Crippen LogP contribution in [0.3, 0.4) is 0 Å². The van der Waals surface area contributed by atoms with E-state index in [0.717, 1.165) is 30.3 Å². The van der Waals surface area contributed by atoms with Gasteiger partial charge in [-0.25, -0.2) is 20.0 Å². The number of hydrogen-bond donors (Lipinski definition) is 2. The molecule has 0 aliphatic heterocycles. The molecule has 26 heavy (non-hydrogen) atoms. The van der Waals surface area contributed by atoms with Crippen LogP contribution in [-0.4, -0.2) is 27.7 Å². The SMILES string of the molecule is NN(C(=O)c1ccc(F)cc1)c1ccc(=O)n(CC(F)(F)F)c1C(=O)O. The molecule has 138 valence electrons. The van der Waals surface area contributed by atoms with E-state index in [2.05, 4.69) is 0 Å². The number of anilines is 1. The van der Waals surface area contributed by atoms with Crippen LogP contribution in [-0.2, 0) is 6.54 Å². The normalized spacial score (nSPS) is 11.3. The molecule has 0 bridgehead atoms. The number of nitrogens with two attached hydrogens (primary N) is 1. The molecular formula is C15H11F4N3O4. The van der Waals surface area contributed by atoms with E-state index in [1.165, 1.54) is 0 Å². The zero-order valence-corrected chi connectivity index (χ0v) is 12.8. The number of aromatic carboxylic acids is 1. The van der Waals surface area contributed by atoms with Gasteiger partial charge in [0.1, 0.15) is 12.4 Å². The van der Waals surface area contributed by atoms with E-state index in [1.54, 1.807) is 0 Å². The molecule has 0 spiro atoms. The fraction of sp³-hybridized carbons (Fsp3) is 0.133. The van der Waals surface area contributed by atoms with Gasteiger partial charge in [-0.3, -0.25) is 14.2 Å². The maximum atomic E-state index is 12.9. The second kappa shape index (κ2) is 6.96. The number of carboxylic acids is 1. The van der Waals surface area contributed by atoms with Gasteiger partial charge in [-0.2, -0.15) is 13.2 Å². The average Bonchev–Trinajstić information content (AvgIpc) is 2.54. The molecule has 3 N–H and O–H groups in total. The maximum absolute atomic E-state index is 12.9. The standard InChI is InChI=1S/C15H11F4N3O4/c16-9-3-1-8(2-4-9)13(24)22(20)10-5-6-11(23)21(7-15(17,18)19)12(10)14(25)26/h1-6H,7,20H2,(H,25,26). The van der Waals surface area contributed by atoms with E-state index in [-0.39, 0.29) is 15.1 Å². The lowest BCUT2D eigenvalue weighted by Gasteiger charge is -2.21. The van der Waals surface area contributed by atoms with E-state index in [0.29, 0.717) is 6.07 Å². The lowest BCUT2D eigenvalue weighted by Crippen LogP contribution is -2.41. The number of hydrogen-bond acceptors (Lipinski definition) is 4. The molecule has 0 unspecified atom stereocenters. The molecule has 0 aliphatic carbocycles. The Labute approximate surface area is 142 Å². The third-order valence-corrected chi connectivity index (χ3v) is 3.27. The molecule has 0 fully saturated rings. The Balaban J connectivity index is 2.56. The molecule has 0 aliphatic rings. The molecule has 1 aromatic carbocycles. The van der Waals surface area contributed by atoms with Crippen LogP contribution in [0.5, 0.6) is 0 Å². The molecule has 0 saturated heterocycles. The summed E-state index contributed by atoms with van der Waals surface area (Å²) >= 11 is 0. The van der Waals surface area contributed by atoms with Crippen molar-refractivity contribution in [2.75, 3.05) is 5.01 Å². The molecule has 0 radical (unpaired) electrons. The van der Waals surface area contributed by atoms with Gasteiger partial charge in [-0.15, -0.1) is 0 Å². The fourth-order valence-corrected chi connectivity index (χ4v) is 2.16. The predicted octanol–water partition coefficient (Wildman–Crippen LogP) is 1.77. The van der Waals surface area contributed by atoms with Crippen LogP contribution in [0, 0.1) is 5.82 Å². The molecule has 0 atom stereocenters. The number of benzene rings is 1. The second-order valence-corrected chi connectivity index (χ2v) is 5.09. The lowest BCUT2D eigenvalue weighted by atomic mass is 10.2. The molecule has 1 aromatic heterocycles. The number of amides is 1. The van der Waals surface area contributed by atoms with Gasteiger partial charge in [0, 0.05) is 11.6 Å². The van der Waals surface area contributed by atoms with E-state index >= 15 is 0 Å². The number of aromatic nitrogens is 1. The summed E-state index contributed by atoms with van der Waals surface area (Å²) in [7, 11) is 0. The van der Waals surface area contributed by atoms with E-state index in [4.69, 9.17) is 5.84 Å². The molecular weight excluding hydrogens is 362 g/mol. The molecule has 0 saturated carbocycles. The van der Waals surface area contributed by atoms with Gasteiger partial charge < -0.3 is 5.11 Å². The van der Waals surface area contributed by atoms with Gasteiger partial charge in [0.15, 0.2) is 5.69 Å². The lowest BCUT2D eigenvalue weighted by molar-refractivity contribution is -0.141. The average molecular weight is 373 g/mol.